The molecular formula is C17H13N5O2S. The van der Waals surface area contributed by atoms with Gasteiger partial charge in [-0.2, -0.15) is 0 Å². The van der Waals surface area contributed by atoms with Gasteiger partial charge in [-0.1, -0.05) is 48.2 Å². The number of fused-ring (bicyclic) bond motifs is 2. The Morgan fingerprint density at radius 1 is 1.16 bits per heavy atom. The highest BCUT2D eigenvalue weighted by Gasteiger charge is 2.10. The highest BCUT2D eigenvalue weighted by atomic mass is 32.2. The third-order valence-electron chi connectivity index (χ3n) is 3.68. The lowest BCUT2D eigenvalue weighted by atomic mass is 10.1. The number of rotatable bonds is 4. The lowest BCUT2D eigenvalue weighted by molar-refractivity contribution is -0.113. The molecule has 0 aliphatic heterocycles. The van der Waals surface area contributed by atoms with Crippen LogP contribution in [-0.2, 0) is 4.79 Å². The zero-order valence-electron chi connectivity index (χ0n) is 12.9. The third kappa shape index (κ3) is 3.11. The van der Waals surface area contributed by atoms with E-state index < -0.39 is 0 Å². The van der Waals surface area contributed by atoms with Gasteiger partial charge in [-0.25, -0.2) is 9.97 Å². The molecule has 0 saturated heterocycles. The monoisotopic (exact) mass is 351 g/mol. The van der Waals surface area contributed by atoms with Crippen molar-refractivity contribution in [2.75, 3.05) is 11.1 Å². The average molecular weight is 351 g/mol. The molecule has 2 aromatic carbocycles. The number of nitrogens with zero attached hydrogens (tertiary/aromatic N) is 2. The Morgan fingerprint density at radius 2 is 2.00 bits per heavy atom. The van der Waals surface area contributed by atoms with Gasteiger partial charge >= 0.3 is 0 Å². The van der Waals surface area contributed by atoms with Crippen molar-refractivity contribution >= 4 is 45.3 Å². The van der Waals surface area contributed by atoms with E-state index in [2.05, 4.69) is 25.3 Å². The molecule has 0 spiro atoms. The second-order valence-electron chi connectivity index (χ2n) is 5.34. The van der Waals surface area contributed by atoms with Crippen molar-refractivity contribution in [2.45, 2.75) is 5.16 Å². The van der Waals surface area contributed by atoms with E-state index in [0.717, 1.165) is 28.2 Å². The Morgan fingerprint density at radius 3 is 2.92 bits per heavy atom. The van der Waals surface area contributed by atoms with E-state index >= 15 is 0 Å². The summed E-state index contributed by atoms with van der Waals surface area (Å²) in [4.78, 5) is 37.6. The smallest absolute Gasteiger partial charge is 0.277 e. The van der Waals surface area contributed by atoms with E-state index in [1.807, 2.05) is 42.5 Å². The van der Waals surface area contributed by atoms with Crippen molar-refractivity contribution in [1.82, 2.24) is 19.9 Å². The first-order valence-corrected chi connectivity index (χ1v) is 8.53. The van der Waals surface area contributed by atoms with Crippen molar-refractivity contribution in [1.29, 1.82) is 0 Å². The molecule has 0 aliphatic carbocycles. The first kappa shape index (κ1) is 15.4. The van der Waals surface area contributed by atoms with Gasteiger partial charge in [-0.15, -0.1) is 0 Å². The van der Waals surface area contributed by atoms with E-state index in [1.165, 1.54) is 6.33 Å². The van der Waals surface area contributed by atoms with Gasteiger partial charge in [-0.05, 0) is 11.5 Å². The summed E-state index contributed by atoms with van der Waals surface area (Å²) in [7, 11) is 0. The number of hydrogen-bond acceptors (Lipinski definition) is 5. The van der Waals surface area contributed by atoms with Crippen LogP contribution in [0.5, 0.6) is 0 Å². The summed E-state index contributed by atoms with van der Waals surface area (Å²) in [6.07, 6.45) is 1.41. The predicted octanol–water partition coefficient (Wildman–Crippen LogP) is 2.53. The molecule has 2 heterocycles. The number of thioether (sulfide) groups is 1. The van der Waals surface area contributed by atoms with Gasteiger partial charge < -0.3 is 10.3 Å². The molecule has 4 rings (SSSR count). The molecule has 0 saturated carbocycles. The van der Waals surface area contributed by atoms with Gasteiger partial charge in [0, 0.05) is 11.1 Å². The number of amides is 1. The summed E-state index contributed by atoms with van der Waals surface area (Å²) in [6, 6.07) is 13.6. The Bertz CT molecular complexity index is 1130. The number of nitrogens with one attached hydrogen (secondary N) is 3. The van der Waals surface area contributed by atoms with Crippen molar-refractivity contribution in [3.63, 3.8) is 0 Å². The summed E-state index contributed by atoms with van der Waals surface area (Å²) in [5, 5.41) is 5.30. The van der Waals surface area contributed by atoms with Gasteiger partial charge in [0.15, 0.2) is 16.3 Å². The number of carbonyl (C=O) groups is 1. The number of aromatic amines is 2. The third-order valence-corrected chi connectivity index (χ3v) is 4.55. The molecule has 1 amide bonds. The lowest BCUT2D eigenvalue weighted by Crippen LogP contribution is -2.15. The highest BCUT2D eigenvalue weighted by Crippen LogP contribution is 2.23. The van der Waals surface area contributed by atoms with Crippen LogP contribution in [0.4, 0.5) is 5.69 Å². The molecule has 0 radical (unpaired) electrons. The Labute approximate surface area is 145 Å². The minimum absolute atomic E-state index is 0.127. The van der Waals surface area contributed by atoms with Crippen LogP contribution in [0, 0.1) is 0 Å². The Balaban J connectivity index is 1.49. The first-order valence-electron chi connectivity index (χ1n) is 7.54. The van der Waals surface area contributed by atoms with Crippen molar-refractivity contribution in [2.24, 2.45) is 0 Å². The number of H-pyrrole nitrogens is 2. The zero-order chi connectivity index (χ0) is 17.2. The summed E-state index contributed by atoms with van der Waals surface area (Å²) in [6.45, 7) is 0. The van der Waals surface area contributed by atoms with Crippen LogP contribution in [0.15, 0.2) is 58.7 Å². The maximum absolute atomic E-state index is 12.3. The zero-order valence-corrected chi connectivity index (χ0v) is 13.8. The summed E-state index contributed by atoms with van der Waals surface area (Å²) >= 11 is 1.15. The van der Waals surface area contributed by atoms with E-state index in [-0.39, 0.29) is 17.2 Å². The fraction of sp³-hybridized carbons (Fsp3) is 0.0588. The molecule has 7 nitrogen and oxygen atoms in total. The number of hydrogen-bond donors (Lipinski definition) is 3. The van der Waals surface area contributed by atoms with Gasteiger partial charge in [0.2, 0.25) is 5.91 Å². The Hall–Kier alpha value is -3.13. The minimum atomic E-state index is -0.306. The normalized spacial score (nSPS) is 11.0. The average Bonchev–Trinajstić information content (AvgIpc) is 3.10. The van der Waals surface area contributed by atoms with Crippen LogP contribution < -0.4 is 10.9 Å². The molecule has 0 fully saturated rings. The van der Waals surface area contributed by atoms with E-state index in [9.17, 15) is 9.59 Å². The standard InChI is InChI=1S/C17H13N5O2S/c23-13(20-12-7-3-5-10-4-1-2-6-11(10)12)8-25-17-21-15-14(16(24)22-17)18-9-19-15/h1-7,9H,8H2,(H,20,23)(H2,18,19,21,22,24). The fourth-order valence-corrected chi connectivity index (χ4v) is 3.20. The summed E-state index contributed by atoms with van der Waals surface area (Å²) < 4.78 is 0. The molecule has 124 valence electrons. The maximum atomic E-state index is 12.3. The summed E-state index contributed by atoms with van der Waals surface area (Å²) in [5.41, 5.74) is 1.11. The number of aromatic nitrogens is 4. The van der Waals surface area contributed by atoms with Crippen molar-refractivity contribution < 1.29 is 4.79 Å². The fourth-order valence-electron chi connectivity index (χ4n) is 2.55. The molecule has 4 aromatic rings. The van der Waals surface area contributed by atoms with Crippen molar-refractivity contribution in [3.8, 4) is 0 Å². The molecule has 0 aliphatic rings. The first-order chi connectivity index (χ1) is 12.2. The summed E-state index contributed by atoms with van der Waals surface area (Å²) in [5.74, 6) is -0.0478. The molecule has 0 atom stereocenters. The number of carbonyl (C=O) groups excluding carboxylic acids is 1. The van der Waals surface area contributed by atoms with Crippen LogP contribution in [0.1, 0.15) is 0 Å². The van der Waals surface area contributed by atoms with E-state index in [1.54, 1.807) is 0 Å². The SMILES string of the molecule is O=C(CSc1nc2nc[nH]c2c(=O)[nH]1)Nc1cccc2ccccc12. The van der Waals surface area contributed by atoms with Gasteiger partial charge in [0.05, 0.1) is 12.1 Å². The molecule has 8 heteroatoms. The lowest BCUT2D eigenvalue weighted by Gasteiger charge is -2.08. The minimum Gasteiger partial charge on any atom is -0.339 e. The molecule has 2 aromatic heterocycles. The topological polar surface area (TPSA) is 104 Å². The number of imidazole rings is 1. The Kier molecular flexibility index (Phi) is 3.95. The van der Waals surface area contributed by atoms with Crippen molar-refractivity contribution in [3.05, 3.63) is 59.1 Å². The van der Waals surface area contributed by atoms with Crippen LogP contribution in [0.25, 0.3) is 21.9 Å². The van der Waals surface area contributed by atoms with Crippen LogP contribution in [0.2, 0.25) is 0 Å². The molecule has 0 bridgehead atoms. The van der Waals surface area contributed by atoms with Gasteiger partial charge in [-0.3, -0.25) is 14.6 Å². The van der Waals surface area contributed by atoms with Crippen LogP contribution in [0.3, 0.4) is 0 Å². The number of anilines is 1. The second-order valence-corrected chi connectivity index (χ2v) is 6.30. The van der Waals surface area contributed by atoms with Gasteiger partial charge in [0.1, 0.15) is 0 Å². The molecule has 25 heavy (non-hydrogen) atoms. The second kappa shape index (κ2) is 6.40. The highest BCUT2D eigenvalue weighted by molar-refractivity contribution is 7.99. The van der Waals surface area contributed by atoms with E-state index in [0.29, 0.717) is 16.3 Å². The molecular weight excluding hydrogens is 338 g/mol. The quantitative estimate of drug-likeness (QED) is 0.387. The van der Waals surface area contributed by atoms with Gasteiger partial charge in [0.25, 0.3) is 5.56 Å². The molecule has 0 unspecified atom stereocenters. The van der Waals surface area contributed by atoms with Crippen LogP contribution in [-0.4, -0.2) is 31.6 Å². The maximum Gasteiger partial charge on any atom is 0.277 e. The number of benzene rings is 2. The largest absolute Gasteiger partial charge is 0.339 e. The predicted molar refractivity (Wildman–Crippen MR) is 97.8 cm³/mol. The molecule has 3 N–H and O–H groups in total. The van der Waals surface area contributed by atoms with Crippen LogP contribution >= 0.6 is 11.8 Å². The van der Waals surface area contributed by atoms with E-state index in [4.69, 9.17) is 0 Å².